The summed E-state index contributed by atoms with van der Waals surface area (Å²) in [5.41, 5.74) is 5.29. The average Bonchev–Trinajstić information content (AvgIpc) is 1.85. The minimum absolute atomic E-state index is 0.127. The Morgan fingerprint density at radius 3 is 2.82 bits per heavy atom. The maximum absolute atomic E-state index is 5.71. The van der Waals surface area contributed by atoms with Gasteiger partial charge in [-0.1, -0.05) is 0 Å². The third kappa shape index (κ3) is 2.77. The predicted molar refractivity (Wildman–Crippen MR) is 43.4 cm³/mol. The van der Waals surface area contributed by atoms with E-state index in [-0.39, 0.29) is 11.7 Å². The molecule has 0 aromatic rings. The minimum atomic E-state index is -0.127. The van der Waals surface area contributed by atoms with Crippen molar-refractivity contribution in [3.05, 3.63) is 0 Å². The van der Waals surface area contributed by atoms with E-state index in [1.54, 1.807) is 0 Å². The van der Waals surface area contributed by atoms with Crippen molar-refractivity contribution in [1.82, 2.24) is 0 Å². The summed E-state index contributed by atoms with van der Waals surface area (Å²) >= 11 is 0. The molecule has 11 heavy (non-hydrogen) atoms. The average molecular weight is 159 g/mol. The van der Waals surface area contributed by atoms with E-state index in [1.807, 2.05) is 13.8 Å². The summed E-state index contributed by atoms with van der Waals surface area (Å²) in [7, 11) is 0. The van der Waals surface area contributed by atoms with E-state index in [1.165, 1.54) is 0 Å². The van der Waals surface area contributed by atoms with Gasteiger partial charge in [0.05, 0.1) is 24.9 Å². The van der Waals surface area contributed by atoms with Crippen LogP contribution in [0.3, 0.4) is 0 Å². The van der Waals surface area contributed by atoms with Crippen molar-refractivity contribution in [2.24, 2.45) is 5.73 Å². The van der Waals surface area contributed by atoms with Gasteiger partial charge >= 0.3 is 0 Å². The van der Waals surface area contributed by atoms with Gasteiger partial charge < -0.3 is 15.2 Å². The molecule has 0 amide bonds. The second kappa shape index (κ2) is 3.52. The molecule has 66 valence electrons. The van der Waals surface area contributed by atoms with E-state index in [2.05, 4.69) is 0 Å². The van der Waals surface area contributed by atoms with Crippen LogP contribution in [0.2, 0.25) is 0 Å². The van der Waals surface area contributed by atoms with Crippen molar-refractivity contribution in [3.63, 3.8) is 0 Å². The van der Waals surface area contributed by atoms with Crippen molar-refractivity contribution >= 4 is 0 Å². The van der Waals surface area contributed by atoms with Gasteiger partial charge in [-0.05, 0) is 26.8 Å². The molecule has 1 atom stereocenters. The first kappa shape index (κ1) is 8.97. The maximum Gasteiger partial charge on any atom is 0.0863 e. The second-order valence-electron chi connectivity index (χ2n) is 3.59. The molecule has 0 spiro atoms. The molecule has 0 aromatic heterocycles. The number of rotatable bonds is 2. The maximum atomic E-state index is 5.71. The van der Waals surface area contributed by atoms with Gasteiger partial charge in [0.1, 0.15) is 0 Å². The monoisotopic (exact) mass is 159 g/mol. The van der Waals surface area contributed by atoms with E-state index in [0.717, 1.165) is 6.42 Å². The van der Waals surface area contributed by atoms with E-state index < -0.39 is 0 Å². The van der Waals surface area contributed by atoms with E-state index >= 15 is 0 Å². The van der Waals surface area contributed by atoms with Crippen LogP contribution >= 0.6 is 0 Å². The molecule has 1 heterocycles. The number of nitrogens with two attached hydrogens (primary N) is 1. The summed E-state index contributed by atoms with van der Waals surface area (Å²) in [6, 6.07) is 0. The molecule has 1 aliphatic rings. The zero-order valence-electron chi connectivity index (χ0n) is 7.30. The molecule has 3 heteroatoms. The third-order valence-electron chi connectivity index (χ3n) is 1.73. The quantitative estimate of drug-likeness (QED) is 0.639. The molecule has 0 aromatic carbocycles. The van der Waals surface area contributed by atoms with Crippen LogP contribution in [0.1, 0.15) is 20.3 Å². The van der Waals surface area contributed by atoms with Crippen LogP contribution in [0.5, 0.6) is 0 Å². The Morgan fingerprint density at radius 2 is 2.27 bits per heavy atom. The molecule has 0 bridgehead atoms. The number of ether oxygens (including phenoxy) is 2. The molecule has 1 fully saturated rings. The molecule has 0 aliphatic carbocycles. The first-order chi connectivity index (χ1) is 5.14. The van der Waals surface area contributed by atoms with Crippen LogP contribution in [0.15, 0.2) is 0 Å². The van der Waals surface area contributed by atoms with Crippen LogP contribution in [0.25, 0.3) is 0 Å². The Kier molecular flexibility index (Phi) is 2.87. The fraction of sp³-hybridized carbons (Fsp3) is 1.00. The van der Waals surface area contributed by atoms with Crippen molar-refractivity contribution in [3.8, 4) is 0 Å². The molecular formula is C8H17NO2. The first-order valence-electron chi connectivity index (χ1n) is 4.10. The molecule has 1 rings (SSSR count). The predicted octanol–water partition coefficient (Wildman–Crippen LogP) is 0.529. The smallest absolute Gasteiger partial charge is 0.0863 e. The van der Waals surface area contributed by atoms with Crippen molar-refractivity contribution in [1.29, 1.82) is 0 Å². The fourth-order valence-corrected chi connectivity index (χ4v) is 1.28. The Bertz CT molecular complexity index is 123. The Labute approximate surface area is 67.9 Å². The van der Waals surface area contributed by atoms with Crippen LogP contribution in [-0.4, -0.2) is 31.5 Å². The van der Waals surface area contributed by atoms with Gasteiger partial charge in [-0.25, -0.2) is 0 Å². The van der Waals surface area contributed by atoms with Gasteiger partial charge in [-0.2, -0.15) is 0 Å². The van der Waals surface area contributed by atoms with E-state index in [9.17, 15) is 0 Å². The second-order valence-corrected chi connectivity index (χ2v) is 3.59. The minimum Gasteiger partial charge on any atom is -0.376 e. The molecular weight excluding hydrogens is 142 g/mol. The SMILES string of the molecule is CC1(C)COCC(CCN)O1. The summed E-state index contributed by atoms with van der Waals surface area (Å²) in [4.78, 5) is 0. The van der Waals surface area contributed by atoms with Crippen molar-refractivity contribution in [2.45, 2.75) is 32.0 Å². The van der Waals surface area contributed by atoms with Gasteiger partial charge in [0.15, 0.2) is 0 Å². The molecule has 3 nitrogen and oxygen atoms in total. The topological polar surface area (TPSA) is 44.5 Å². The van der Waals surface area contributed by atoms with E-state index in [4.69, 9.17) is 15.2 Å². The van der Waals surface area contributed by atoms with Gasteiger partial charge in [0.25, 0.3) is 0 Å². The van der Waals surface area contributed by atoms with Gasteiger partial charge in [-0.3, -0.25) is 0 Å². The van der Waals surface area contributed by atoms with Crippen LogP contribution < -0.4 is 5.73 Å². The highest BCUT2D eigenvalue weighted by atomic mass is 16.6. The Balaban J connectivity index is 2.34. The third-order valence-corrected chi connectivity index (χ3v) is 1.73. The molecule has 2 N–H and O–H groups in total. The lowest BCUT2D eigenvalue weighted by Crippen LogP contribution is -2.43. The normalized spacial score (nSPS) is 30.3. The summed E-state index contributed by atoms with van der Waals surface area (Å²) in [6.45, 7) is 6.13. The van der Waals surface area contributed by atoms with Gasteiger partial charge in [0, 0.05) is 0 Å². The molecule has 0 saturated carbocycles. The summed E-state index contributed by atoms with van der Waals surface area (Å²) in [6.07, 6.45) is 1.09. The highest BCUT2D eigenvalue weighted by Gasteiger charge is 2.28. The molecule has 0 radical (unpaired) electrons. The van der Waals surface area contributed by atoms with E-state index in [0.29, 0.717) is 19.8 Å². The molecule has 1 saturated heterocycles. The van der Waals surface area contributed by atoms with Crippen LogP contribution in [0, 0.1) is 0 Å². The summed E-state index contributed by atoms with van der Waals surface area (Å²) in [5.74, 6) is 0. The van der Waals surface area contributed by atoms with Gasteiger partial charge in [0.2, 0.25) is 0 Å². The lowest BCUT2D eigenvalue weighted by atomic mass is 10.1. The zero-order chi connectivity index (χ0) is 8.32. The fourth-order valence-electron chi connectivity index (χ4n) is 1.28. The standard InChI is InChI=1S/C8H17NO2/c1-8(2)6-10-5-7(11-8)3-4-9/h7H,3-6,9H2,1-2H3. The number of hydrogen-bond donors (Lipinski definition) is 1. The lowest BCUT2D eigenvalue weighted by Gasteiger charge is -2.35. The summed E-state index contributed by atoms with van der Waals surface area (Å²) < 4.78 is 11.1. The van der Waals surface area contributed by atoms with Gasteiger partial charge in [-0.15, -0.1) is 0 Å². The highest BCUT2D eigenvalue weighted by Crippen LogP contribution is 2.19. The Hall–Kier alpha value is -0.120. The van der Waals surface area contributed by atoms with Crippen LogP contribution in [-0.2, 0) is 9.47 Å². The lowest BCUT2D eigenvalue weighted by molar-refractivity contribution is -0.182. The molecule has 1 aliphatic heterocycles. The zero-order valence-corrected chi connectivity index (χ0v) is 7.30. The largest absolute Gasteiger partial charge is 0.376 e. The summed E-state index contributed by atoms with van der Waals surface area (Å²) in [5, 5.41) is 0. The van der Waals surface area contributed by atoms with Crippen molar-refractivity contribution < 1.29 is 9.47 Å². The first-order valence-corrected chi connectivity index (χ1v) is 4.10. The number of hydrogen-bond acceptors (Lipinski definition) is 3. The van der Waals surface area contributed by atoms with Crippen molar-refractivity contribution in [2.75, 3.05) is 19.8 Å². The highest BCUT2D eigenvalue weighted by molar-refractivity contribution is 4.75. The van der Waals surface area contributed by atoms with Crippen LogP contribution in [0.4, 0.5) is 0 Å². The Morgan fingerprint density at radius 1 is 1.55 bits per heavy atom. The molecule has 1 unspecified atom stereocenters.